The van der Waals surface area contributed by atoms with Gasteiger partial charge in [-0.3, -0.25) is 28.8 Å². The van der Waals surface area contributed by atoms with Crippen molar-refractivity contribution >= 4 is 79.5 Å². The molecule has 1 saturated carbocycles. The van der Waals surface area contributed by atoms with E-state index >= 15 is 9.59 Å². The number of aromatic nitrogens is 2. The number of phenolic OH excluding ortho intramolecular Hbond substituents is 1. The molecule has 10 rings (SSSR count). The Bertz CT molecular complexity index is 2880. The Balaban J connectivity index is 1.04. The number of hydrogen-bond donors (Lipinski definition) is 2. The predicted octanol–water partition coefficient (Wildman–Crippen LogP) is 9.88. The normalized spacial score (nSPS) is 24.5. The Hall–Kier alpha value is -6.30. The summed E-state index contributed by atoms with van der Waals surface area (Å²) in [4.78, 5) is 62.9. The van der Waals surface area contributed by atoms with Gasteiger partial charge in [0.15, 0.2) is 0 Å². The highest BCUT2D eigenvalue weighted by atomic mass is 35.5. The minimum atomic E-state index is -1.35. The molecule has 3 fully saturated rings. The lowest BCUT2D eigenvalue weighted by Gasteiger charge is -2.49. The number of fused-ring (bicyclic) bond motifs is 5. The highest BCUT2D eigenvalue weighted by Crippen LogP contribution is 2.65. The molecule has 2 saturated heterocycles. The molecule has 2 aliphatic heterocycles. The van der Waals surface area contributed by atoms with Gasteiger partial charge in [0, 0.05) is 45.7 Å². The van der Waals surface area contributed by atoms with Gasteiger partial charge >= 0.3 is 0 Å². The zero-order valence-corrected chi connectivity index (χ0v) is 35.3. The van der Waals surface area contributed by atoms with E-state index in [-0.39, 0.29) is 30.4 Å². The van der Waals surface area contributed by atoms with Crippen LogP contribution in [0.4, 0.5) is 22.9 Å². The van der Waals surface area contributed by atoms with Gasteiger partial charge in [-0.15, -0.1) is 17.9 Å². The number of allylic oxidation sites excluding steroid dienone is 3. The number of rotatable bonds is 8. The lowest BCUT2D eigenvalue weighted by molar-refractivity contribution is -0.131. The van der Waals surface area contributed by atoms with Crippen molar-refractivity contribution in [1.29, 1.82) is 0 Å². The molecule has 0 spiro atoms. The number of anilines is 4. The van der Waals surface area contributed by atoms with Gasteiger partial charge in [-0.05, 0) is 110 Å². The number of halogens is 1. The first-order valence-electron chi connectivity index (χ1n) is 20.4. The highest BCUT2D eigenvalue weighted by molar-refractivity contribution is 7.22. The Morgan fingerprint density at radius 3 is 2.43 bits per heavy atom. The van der Waals surface area contributed by atoms with Crippen LogP contribution in [0.15, 0.2) is 121 Å². The van der Waals surface area contributed by atoms with Crippen LogP contribution >= 0.6 is 22.9 Å². The maximum atomic E-state index is 15.3. The summed E-state index contributed by atoms with van der Waals surface area (Å²) in [6, 6.07) is 29.9. The zero-order chi connectivity index (χ0) is 42.5. The maximum absolute atomic E-state index is 15.3. The van der Waals surface area contributed by atoms with E-state index < -0.39 is 46.8 Å². The van der Waals surface area contributed by atoms with Crippen LogP contribution in [-0.2, 0) is 32.6 Å². The smallest absolute Gasteiger partial charge is 0.242 e. The van der Waals surface area contributed by atoms with Crippen LogP contribution in [-0.4, -0.2) is 38.5 Å². The summed E-state index contributed by atoms with van der Waals surface area (Å²) >= 11 is 7.92. The van der Waals surface area contributed by atoms with Gasteiger partial charge in [-0.1, -0.05) is 65.7 Å². The molecule has 4 heterocycles. The Labute approximate surface area is 361 Å². The summed E-state index contributed by atoms with van der Waals surface area (Å²) in [6.45, 7) is 7.71. The van der Waals surface area contributed by atoms with Crippen molar-refractivity contribution in [3.8, 4) is 16.3 Å². The second-order valence-electron chi connectivity index (χ2n) is 16.8. The number of nitrogens with one attached hydrogen (secondary N) is 1. The summed E-state index contributed by atoms with van der Waals surface area (Å²) in [5.41, 5.74) is 4.40. The molecule has 61 heavy (non-hydrogen) atoms. The van der Waals surface area contributed by atoms with Gasteiger partial charge in [-0.25, -0.2) is 4.90 Å². The number of carbonyl (C=O) groups excluding carboxylic acids is 4. The fourth-order valence-corrected chi connectivity index (χ4v) is 11.9. The van der Waals surface area contributed by atoms with E-state index in [2.05, 4.69) is 11.9 Å². The van der Waals surface area contributed by atoms with Crippen molar-refractivity contribution in [3.63, 3.8) is 0 Å². The largest absolute Gasteiger partial charge is 0.507 e. The van der Waals surface area contributed by atoms with E-state index in [0.29, 0.717) is 39.8 Å². The number of aromatic hydroxyl groups is 1. The summed E-state index contributed by atoms with van der Waals surface area (Å²) in [7, 11) is 1.72. The van der Waals surface area contributed by atoms with Crippen LogP contribution in [0.3, 0.4) is 0 Å². The second kappa shape index (κ2) is 14.4. The third kappa shape index (κ3) is 5.85. The number of imide groups is 2. The van der Waals surface area contributed by atoms with E-state index in [1.165, 1.54) is 9.80 Å². The number of carbonyl (C=O) groups is 4. The summed E-state index contributed by atoms with van der Waals surface area (Å²) < 4.78 is 2.61. The lowest BCUT2D eigenvalue weighted by atomic mass is 9.51. The quantitative estimate of drug-likeness (QED) is 0.115. The Kier molecular flexibility index (Phi) is 9.19. The van der Waals surface area contributed by atoms with Crippen LogP contribution < -0.4 is 15.1 Å². The molecule has 2 aromatic heterocycles. The fraction of sp³-hybridized carbons (Fsp3) is 0.245. The lowest BCUT2D eigenvalue weighted by Crippen LogP contribution is -2.49. The summed E-state index contributed by atoms with van der Waals surface area (Å²) in [5.74, 6) is -4.65. The van der Waals surface area contributed by atoms with Gasteiger partial charge in [0.2, 0.25) is 23.6 Å². The third-order valence-corrected chi connectivity index (χ3v) is 15.0. The minimum absolute atomic E-state index is 0.0255. The van der Waals surface area contributed by atoms with Gasteiger partial charge in [0.1, 0.15) is 17.3 Å². The average molecular weight is 848 g/mol. The molecule has 12 heteroatoms. The number of para-hydroxylation sites is 2. The molecule has 6 aromatic rings. The Morgan fingerprint density at radius 2 is 1.67 bits per heavy atom. The standard InChI is InChI=1S/C49H42ClN5O5S/c1-5-10-27-11-9-14-34(43(27)56)42-32-20-21-33-41(47(59)54(45(33)57)31-18-16-30(17-19-31)51-29-12-7-6-8-13-29)36(32)24-37-46(58)55(48(60)49(37,42)3)40-25-38(52-53(40)4)44-26(2)35-23-28(50)15-22-39(35)61-44/h5-9,11-20,22-23,25,33,36-37,41-42,51,56H,1,10,21,24H2,2-4H3. The van der Waals surface area contributed by atoms with E-state index in [9.17, 15) is 14.7 Å². The topological polar surface area (TPSA) is 125 Å². The van der Waals surface area contributed by atoms with E-state index in [4.69, 9.17) is 16.7 Å². The monoisotopic (exact) mass is 847 g/mol. The molecule has 6 unspecified atom stereocenters. The molecule has 4 aromatic carbocycles. The number of phenols is 1. The maximum Gasteiger partial charge on any atom is 0.242 e. The van der Waals surface area contributed by atoms with Gasteiger partial charge < -0.3 is 10.4 Å². The highest BCUT2D eigenvalue weighted by Gasteiger charge is 2.68. The molecule has 2 aliphatic carbocycles. The van der Waals surface area contributed by atoms with E-state index in [1.54, 1.807) is 47.3 Å². The third-order valence-electron chi connectivity index (χ3n) is 13.5. The first kappa shape index (κ1) is 38.9. The van der Waals surface area contributed by atoms with E-state index in [1.807, 2.05) is 98.8 Å². The predicted molar refractivity (Wildman–Crippen MR) is 239 cm³/mol. The van der Waals surface area contributed by atoms with Crippen LogP contribution in [0.1, 0.15) is 42.4 Å². The second-order valence-corrected chi connectivity index (χ2v) is 18.3. The molecule has 0 bridgehead atoms. The number of amides is 4. The molecule has 10 nitrogen and oxygen atoms in total. The van der Waals surface area contributed by atoms with Crippen molar-refractivity contribution in [2.75, 3.05) is 15.1 Å². The van der Waals surface area contributed by atoms with E-state index in [0.717, 1.165) is 37.5 Å². The summed E-state index contributed by atoms with van der Waals surface area (Å²) in [5, 5.41) is 21.8. The zero-order valence-electron chi connectivity index (χ0n) is 33.8. The van der Waals surface area contributed by atoms with Crippen molar-refractivity contribution in [2.45, 2.75) is 39.0 Å². The number of nitrogens with zero attached hydrogens (tertiary/aromatic N) is 4. The van der Waals surface area contributed by atoms with Crippen LogP contribution in [0, 0.1) is 36.0 Å². The van der Waals surface area contributed by atoms with Crippen LogP contribution in [0.25, 0.3) is 20.7 Å². The molecule has 0 radical (unpaired) electrons. The fourth-order valence-electron chi connectivity index (χ4n) is 10.6. The molecular formula is C49H42ClN5O5S. The molecule has 306 valence electrons. The first-order valence-corrected chi connectivity index (χ1v) is 21.6. The van der Waals surface area contributed by atoms with Gasteiger partial charge in [0.05, 0.1) is 33.7 Å². The average Bonchev–Trinajstić information content (AvgIpc) is 3.92. The SMILES string of the molecule is C=CCc1cccc(C2C3=CCC4C(=O)N(c5ccc(Nc6ccccc6)cc5)C(=O)C4C3CC3C(=O)N(c4cc(-c5sc6ccc(Cl)cc6c5C)nn4C)C(=O)C32C)c1O. The number of aryl methyl sites for hydroxylation is 2. The molecule has 4 amide bonds. The minimum Gasteiger partial charge on any atom is -0.507 e. The number of benzene rings is 4. The van der Waals surface area contributed by atoms with Gasteiger partial charge in [-0.2, -0.15) is 5.10 Å². The Morgan fingerprint density at radius 1 is 0.918 bits per heavy atom. The van der Waals surface area contributed by atoms with Crippen LogP contribution in [0.5, 0.6) is 5.75 Å². The van der Waals surface area contributed by atoms with Crippen LogP contribution in [0.2, 0.25) is 5.02 Å². The number of thiophene rings is 1. The molecule has 2 N–H and O–H groups in total. The number of hydrogen-bond acceptors (Lipinski definition) is 8. The molecule has 6 atom stereocenters. The van der Waals surface area contributed by atoms with Crippen molar-refractivity contribution in [1.82, 2.24) is 9.78 Å². The van der Waals surface area contributed by atoms with Crippen molar-refractivity contribution in [2.24, 2.45) is 36.1 Å². The first-order chi connectivity index (χ1) is 29.4. The molecule has 4 aliphatic rings. The van der Waals surface area contributed by atoms with Gasteiger partial charge in [0.25, 0.3) is 0 Å². The summed E-state index contributed by atoms with van der Waals surface area (Å²) in [6.07, 6.45) is 4.56. The molecular weight excluding hydrogens is 806 g/mol. The van der Waals surface area contributed by atoms with Crippen molar-refractivity contribution < 1.29 is 24.3 Å². The van der Waals surface area contributed by atoms with Crippen molar-refractivity contribution in [3.05, 3.63) is 143 Å².